The molecule has 0 bridgehead atoms. The van der Waals surface area contributed by atoms with Gasteiger partial charge in [-0.05, 0) is 65.2 Å². The number of ether oxygens (including phenoxy) is 1. The summed E-state index contributed by atoms with van der Waals surface area (Å²) >= 11 is 6.17. The summed E-state index contributed by atoms with van der Waals surface area (Å²) < 4.78 is 5.75. The standard InChI is InChI=1S/C36H27ClN2O4/c1-2-20-43-26-10-7-9-24(21-26)32(40)30-31(33(41)23-14-16-25(37)17-15-23)39-19-18-22-8-3-4-11-27(22)34(39)36(30)28-12-5-6-13-29(28)38-35(36)42/h2-19,21,30-31,34H,1,20H2,(H,38,42)/t30-,31-,34-,36-/m1/s1. The molecular weight excluding hydrogens is 560 g/mol. The predicted octanol–water partition coefficient (Wildman–Crippen LogP) is 6.89. The summed E-state index contributed by atoms with van der Waals surface area (Å²) in [5, 5.41) is 3.57. The maximum absolute atomic E-state index is 15.0. The van der Waals surface area contributed by atoms with Gasteiger partial charge in [0.15, 0.2) is 11.6 Å². The largest absolute Gasteiger partial charge is 0.490 e. The van der Waals surface area contributed by atoms with Gasteiger partial charge in [0.25, 0.3) is 0 Å². The van der Waals surface area contributed by atoms with Crippen molar-refractivity contribution in [1.82, 2.24) is 4.90 Å². The number of fused-ring (bicyclic) bond motifs is 6. The second kappa shape index (κ2) is 10.4. The van der Waals surface area contributed by atoms with E-state index in [0.717, 1.165) is 11.1 Å². The first kappa shape index (κ1) is 26.9. The van der Waals surface area contributed by atoms with Gasteiger partial charge in [0.2, 0.25) is 5.91 Å². The van der Waals surface area contributed by atoms with Crippen LogP contribution in [0.15, 0.2) is 116 Å². The van der Waals surface area contributed by atoms with Crippen LogP contribution in [0.5, 0.6) is 5.75 Å². The smallest absolute Gasteiger partial charge is 0.238 e. The number of ketones is 2. The molecule has 3 aliphatic heterocycles. The number of carbonyl (C=O) groups is 3. The zero-order valence-electron chi connectivity index (χ0n) is 23.1. The Kier molecular flexibility index (Phi) is 6.51. The van der Waals surface area contributed by atoms with Crippen molar-refractivity contribution >= 4 is 40.8 Å². The van der Waals surface area contributed by atoms with Crippen LogP contribution in [0.4, 0.5) is 5.69 Å². The fourth-order valence-corrected chi connectivity index (χ4v) is 7.15. The summed E-state index contributed by atoms with van der Waals surface area (Å²) in [6, 6.07) is 27.2. The molecule has 1 fully saturated rings. The van der Waals surface area contributed by atoms with Crippen LogP contribution in [0.25, 0.3) is 6.08 Å². The quantitative estimate of drug-likeness (QED) is 0.189. The number of Topliss-reactive ketones (excluding diaryl/α,β-unsaturated/α-hetero) is 2. The molecule has 1 amide bonds. The third-order valence-corrected chi connectivity index (χ3v) is 8.99. The Morgan fingerprint density at radius 2 is 1.70 bits per heavy atom. The van der Waals surface area contributed by atoms with Crippen molar-refractivity contribution in [2.45, 2.75) is 17.5 Å². The molecule has 43 heavy (non-hydrogen) atoms. The predicted molar refractivity (Wildman–Crippen MR) is 166 cm³/mol. The molecule has 4 atom stereocenters. The highest BCUT2D eigenvalue weighted by Crippen LogP contribution is 2.62. The monoisotopic (exact) mass is 586 g/mol. The van der Waals surface area contributed by atoms with Gasteiger partial charge in [0.1, 0.15) is 23.8 Å². The Hall–Kier alpha value is -4.94. The van der Waals surface area contributed by atoms with E-state index in [1.807, 2.05) is 65.7 Å². The fourth-order valence-electron chi connectivity index (χ4n) is 7.03. The molecule has 1 N–H and O–H groups in total. The van der Waals surface area contributed by atoms with Gasteiger partial charge >= 0.3 is 0 Å². The van der Waals surface area contributed by atoms with E-state index in [1.54, 1.807) is 54.6 Å². The van der Waals surface area contributed by atoms with E-state index in [0.29, 0.717) is 33.1 Å². The lowest BCUT2D eigenvalue weighted by Crippen LogP contribution is -2.49. The molecule has 7 rings (SSSR count). The van der Waals surface area contributed by atoms with E-state index in [9.17, 15) is 14.4 Å². The van der Waals surface area contributed by atoms with E-state index in [4.69, 9.17) is 16.3 Å². The number of rotatable bonds is 7. The van der Waals surface area contributed by atoms with Crippen molar-refractivity contribution in [3.63, 3.8) is 0 Å². The molecule has 7 heteroatoms. The number of para-hydroxylation sites is 1. The van der Waals surface area contributed by atoms with Gasteiger partial charge in [-0.25, -0.2) is 0 Å². The number of amides is 1. The number of hydrogen-bond donors (Lipinski definition) is 1. The van der Waals surface area contributed by atoms with Crippen molar-refractivity contribution in [3.8, 4) is 5.75 Å². The van der Waals surface area contributed by atoms with Crippen molar-refractivity contribution in [1.29, 1.82) is 0 Å². The second-order valence-electron chi connectivity index (χ2n) is 10.9. The molecule has 3 heterocycles. The molecule has 4 aromatic carbocycles. The third kappa shape index (κ3) is 4.05. The number of benzene rings is 4. The normalized spacial score (nSPS) is 22.9. The Labute approximate surface area is 254 Å². The van der Waals surface area contributed by atoms with E-state index < -0.39 is 23.4 Å². The second-order valence-corrected chi connectivity index (χ2v) is 11.4. The molecule has 0 saturated carbocycles. The molecule has 1 saturated heterocycles. The Balaban J connectivity index is 1.50. The average molecular weight is 587 g/mol. The van der Waals surface area contributed by atoms with Gasteiger partial charge < -0.3 is 15.0 Å². The van der Waals surface area contributed by atoms with Gasteiger partial charge in [-0.1, -0.05) is 78.9 Å². The zero-order valence-corrected chi connectivity index (χ0v) is 23.8. The number of nitrogens with zero attached hydrogens (tertiary/aromatic N) is 1. The van der Waals surface area contributed by atoms with Crippen molar-refractivity contribution in [3.05, 3.63) is 149 Å². The molecule has 0 radical (unpaired) electrons. The number of carbonyl (C=O) groups excluding carboxylic acids is 3. The van der Waals surface area contributed by atoms with Gasteiger partial charge in [-0.2, -0.15) is 0 Å². The topological polar surface area (TPSA) is 75.7 Å². The van der Waals surface area contributed by atoms with E-state index >= 15 is 0 Å². The lowest BCUT2D eigenvalue weighted by atomic mass is 9.62. The molecule has 0 unspecified atom stereocenters. The van der Waals surface area contributed by atoms with Crippen LogP contribution in [0.3, 0.4) is 0 Å². The molecule has 3 aliphatic rings. The lowest BCUT2D eigenvalue weighted by Gasteiger charge is -2.38. The minimum atomic E-state index is -1.40. The van der Waals surface area contributed by atoms with E-state index in [2.05, 4.69) is 11.9 Å². The highest BCUT2D eigenvalue weighted by molar-refractivity contribution is 6.30. The van der Waals surface area contributed by atoms with Crippen LogP contribution in [-0.2, 0) is 10.2 Å². The Morgan fingerprint density at radius 1 is 0.930 bits per heavy atom. The van der Waals surface area contributed by atoms with Gasteiger partial charge in [-0.3, -0.25) is 14.4 Å². The minimum Gasteiger partial charge on any atom is -0.490 e. The minimum absolute atomic E-state index is 0.267. The third-order valence-electron chi connectivity index (χ3n) is 8.74. The van der Waals surface area contributed by atoms with Crippen LogP contribution in [-0.4, -0.2) is 35.0 Å². The van der Waals surface area contributed by atoms with Crippen molar-refractivity contribution in [2.24, 2.45) is 5.92 Å². The fraction of sp³-hybridized carbons (Fsp3) is 0.139. The molecule has 4 aromatic rings. The van der Waals surface area contributed by atoms with Gasteiger partial charge in [0, 0.05) is 28.0 Å². The molecule has 1 spiro atoms. The maximum atomic E-state index is 15.0. The SMILES string of the molecule is C=CCOc1cccc(C(=O)[C@H]2[C@H](C(=O)c3ccc(Cl)cc3)N3C=Cc4ccccc4[C@@H]3[C@]23C(=O)Nc2ccccc23)c1. The summed E-state index contributed by atoms with van der Waals surface area (Å²) in [7, 11) is 0. The van der Waals surface area contributed by atoms with E-state index in [-0.39, 0.29) is 24.1 Å². The lowest BCUT2D eigenvalue weighted by molar-refractivity contribution is -0.122. The summed E-state index contributed by atoms with van der Waals surface area (Å²) in [5.74, 6) is -1.47. The summed E-state index contributed by atoms with van der Waals surface area (Å²) in [4.78, 5) is 46.0. The molecule has 0 aliphatic carbocycles. The number of hydrogen-bond acceptors (Lipinski definition) is 5. The van der Waals surface area contributed by atoms with Crippen LogP contribution in [0, 0.1) is 5.92 Å². The van der Waals surface area contributed by atoms with E-state index in [1.165, 1.54) is 0 Å². The molecular formula is C36H27ClN2O4. The average Bonchev–Trinajstić information content (AvgIpc) is 3.52. The van der Waals surface area contributed by atoms with Crippen molar-refractivity contribution in [2.75, 3.05) is 11.9 Å². The first-order chi connectivity index (χ1) is 20.9. The highest BCUT2D eigenvalue weighted by atomic mass is 35.5. The first-order valence-corrected chi connectivity index (χ1v) is 14.5. The molecule has 212 valence electrons. The molecule has 6 nitrogen and oxygen atoms in total. The van der Waals surface area contributed by atoms with Crippen molar-refractivity contribution < 1.29 is 19.1 Å². The number of halogens is 1. The summed E-state index contributed by atoms with van der Waals surface area (Å²) in [6.07, 6.45) is 5.43. The number of anilines is 1. The zero-order chi connectivity index (χ0) is 29.7. The molecule has 0 aromatic heterocycles. The summed E-state index contributed by atoms with van der Waals surface area (Å²) in [5.41, 5.74) is 2.51. The van der Waals surface area contributed by atoms with Crippen LogP contribution >= 0.6 is 11.6 Å². The van der Waals surface area contributed by atoms with Gasteiger partial charge in [0.05, 0.1) is 12.0 Å². The van der Waals surface area contributed by atoms with Crippen LogP contribution in [0.1, 0.15) is 43.4 Å². The Morgan fingerprint density at radius 3 is 2.51 bits per heavy atom. The van der Waals surface area contributed by atoms with Crippen LogP contribution in [0.2, 0.25) is 5.02 Å². The highest BCUT2D eigenvalue weighted by Gasteiger charge is 2.70. The summed E-state index contributed by atoms with van der Waals surface area (Å²) in [6.45, 7) is 3.98. The Bertz CT molecular complexity index is 1830. The van der Waals surface area contributed by atoms with Gasteiger partial charge in [-0.15, -0.1) is 0 Å². The first-order valence-electron chi connectivity index (χ1n) is 14.1. The van der Waals surface area contributed by atoms with Crippen LogP contribution < -0.4 is 10.1 Å². The number of nitrogens with one attached hydrogen (secondary N) is 1. The maximum Gasteiger partial charge on any atom is 0.238 e.